The zero-order chi connectivity index (χ0) is 17.2. The molecule has 23 heavy (non-hydrogen) atoms. The lowest BCUT2D eigenvalue weighted by molar-refractivity contribution is -0.122. The van der Waals surface area contributed by atoms with Crippen molar-refractivity contribution < 1.29 is 14.1 Å². The highest BCUT2D eigenvalue weighted by Gasteiger charge is 2.22. The lowest BCUT2D eigenvalue weighted by Gasteiger charge is -2.15. The largest absolute Gasteiger partial charge is 0.481 e. The van der Waals surface area contributed by atoms with E-state index in [1.54, 1.807) is 13.0 Å². The molecule has 1 unspecified atom stereocenters. The Morgan fingerprint density at radius 3 is 2.52 bits per heavy atom. The van der Waals surface area contributed by atoms with Gasteiger partial charge >= 0.3 is 0 Å². The minimum absolute atomic E-state index is 0.156. The highest BCUT2D eigenvalue weighted by Crippen LogP contribution is 2.25. The molecular weight excluding hydrogens is 292 g/mol. The number of hydrogen-bond donors (Lipinski definition) is 1. The second kappa shape index (κ2) is 6.44. The Bertz CT molecular complexity index is 699. The van der Waals surface area contributed by atoms with Crippen LogP contribution in [0.2, 0.25) is 0 Å². The average Bonchev–Trinajstić information content (AvgIpc) is 2.90. The van der Waals surface area contributed by atoms with Gasteiger partial charge in [-0.2, -0.15) is 0 Å². The van der Waals surface area contributed by atoms with E-state index in [4.69, 9.17) is 9.26 Å². The summed E-state index contributed by atoms with van der Waals surface area (Å²) in [7, 11) is 0. The molecule has 0 aliphatic carbocycles. The van der Waals surface area contributed by atoms with Gasteiger partial charge in [0, 0.05) is 11.5 Å². The molecule has 2 aromatic rings. The maximum atomic E-state index is 12.2. The lowest BCUT2D eigenvalue weighted by Crippen LogP contribution is -2.30. The normalized spacial score (nSPS) is 12.8. The van der Waals surface area contributed by atoms with Crippen molar-refractivity contribution in [3.8, 4) is 5.75 Å². The number of aryl methyl sites for hydroxylation is 2. The third kappa shape index (κ3) is 4.34. The topological polar surface area (TPSA) is 64.4 Å². The molecule has 5 heteroatoms. The number of nitrogens with one attached hydrogen (secondary N) is 1. The number of aromatic nitrogens is 1. The smallest absolute Gasteiger partial charge is 0.266 e. The van der Waals surface area contributed by atoms with Crippen LogP contribution in [0, 0.1) is 13.8 Å². The van der Waals surface area contributed by atoms with Crippen LogP contribution in [0.5, 0.6) is 5.75 Å². The molecule has 124 valence electrons. The van der Waals surface area contributed by atoms with Crippen molar-refractivity contribution in [3.05, 3.63) is 41.2 Å². The van der Waals surface area contributed by atoms with E-state index in [9.17, 15) is 4.79 Å². The maximum Gasteiger partial charge on any atom is 0.266 e. The molecule has 0 spiro atoms. The van der Waals surface area contributed by atoms with Gasteiger partial charge in [0.25, 0.3) is 5.91 Å². The fourth-order valence-electron chi connectivity index (χ4n) is 2.09. The van der Waals surface area contributed by atoms with Crippen molar-refractivity contribution in [2.45, 2.75) is 53.1 Å². The van der Waals surface area contributed by atoms with E-state index in [0.717, 1.165) is 16.9 Å². The summed E-state index contributed by atoms with van der Waals surface area (Å²) >= 11 is 0. The van der Waals surface area contributed by atoms with E-state index >= 15 is 0 Å². The molecule has 1 aromatic heterocycles. The molecule has 0 saturated heterocycles. The molecule has 0 aliphatic heterocycles. The van der Waals surface area contributed by atoms with Gasteiger partial charge in [0.1, 0.15) is 11.5 Å². The van der Waals surface area contributed by atoms with Crippen LogP contribution >= 0.6 is 0 Å². The number of hydrogen-bond acceptors (Lipinski definition) is 4. The Balaban J connectivity index is 2.01. The Morgan fingerprint density at radius 1 is 1.26 bits per heavy atom. The molecule has 1 amide bonds. The predicted octanol–water partition coefficient (Wildman–Crippen LogP) is 3.99. The quantitative estimate of drug-likeness (QED) is 0.926. The lowest BCUT2D eigenvalue weighted by atomic mass is 9.93. The summed E-state index contributed by atoms with van der Waals surface area (Å²) in [6.45, 7) is 11.7. The summed E-state index contributed by atoms with van der Waals surface area (Å²) < 4.78 is 11.0. The van der Waals surface area contributed by atoms with Crippen LogP contribution in [0.3, 0.4) is 0 Å². The molecule has 0 aliphatic rings. The third-order valence-corrected chi connectivity index (χ3v) is 3.50. The minimum atomic E-state index is -0.633. The fraction of sp³-hybridized carbons (Fsp3) is 0.444. The molecule has 1 atom stereocenters. The number of carbonyl (C=O) groups excluding carboxylic acids is 1. The average molecular weight is 316 g/mol. The Hall–Kier alpha value is -2.30. The van der Waals surface area contributed by atoms with Gasteiger partial charge < -0.3 is 14.6 Å². The predicted molar refractivity (Wildman–Crippen MR) is 89.8 cm³/mol. The molecule has 1 heterocycles. The molecule has 0 radical (unpaired) electrons. The number of nitrogens with zero attached hydrogens (tertiary/aromatic N) is 1. The van der Waals surface area contributed by atoms with Gasteiger partial charge in [0.2, 0.25) is 0 Å². The zero-order valence-corrected chi connectivity index (χ0v) is 14.6. The zero-order valence-electron chi connectivity index (χ0n) is 14.6. The summed E-state index contributed by atoms with van der Waals surface area (Å²) in [6.07, 6.45) is -0.633. The summed E-state index contributed by atoms with van der Waals surface area (Å²) in [5.74, 6) is 1.55. The number of benzene rings is 1. The van der Waals surface area contributed by atoms with Crippen molar-refractivity contribution in [1.82, 2.24) is 5.16 Å². The Labute approximate surface area is 137 Å². The third-order valence-electron chi connectivity index (χ3n) is 3.50. The van der Waals surface area contributed by atoms with Crippen LogP contribution in [-0.2, 0) is 10.2 Å². The summed E-state index contributed by atoms with van der Waals surface area (Å²) in [6, 6.07) is 7.59. The second-order valence-corrected chi connectivity index (χ2v) is 6.84. The monoisotopic (exact) mass is 316 g/mol. The van der Waals surface area contributed by atoms with Gasteiger partial charge in [-0.15, -0.1) is 0 Å². The van der Waals surface area contributed by atoms with Crippen LogP contribution in [-0.4, -0.2) is 17.2 Å². The number of ether oxygens (including phenoxy) is 1. The Kier molecular flexibility index (Phi) is 4.78. The first-order valence-corrected chi connectivity index (χ1v) is 7.69. The van der Waals surface area contributed by atoms with Crippen molar-refractivity contribution in [2.75, 3.05) is 5.32 Å². The van der Waals surface area contributed by atoms with E-state index in [1.807, 2.05) is 52.8 Å². The number of amides is 1. The van der Waals surface area contributed by atoms with E-state index in [1.165, 1.54) is 0 Å². The number of carbonyl (C=O) groups is 1. The summed E-state index contributed by atoms with van der Waals surface area (Å²) in [5.41, 5.74) is 2.00. The summed E-state index contributed by atoms with van der Waals surface area (Å²) in [4.78, 5) is 12.2. The van der Waals surface area contributed by atoms with E-state index < -0.39 is 6.10 Å². The number of rotatable bonds is 4. The van der Waals surface area contributed by atoms with Gasteiger partial charge in [-0.1, -0.05) is 43.6 Å². The first kappa shape index (κ1) is 17.1. The molecule has 0 fully saturated rings. The maximum absolute atomic E-state index is 12.2. The van der Waals surface area contributed by atoms with Crippen molar-refractivity contribution in [2.24, 2.45) is 0 Å². The fourth-order valence-corrected chi connectivity index (χ4v) is 2.09. The molecule has 0 bridgehead atoms. The highest BCUT2D eigenvalue weighted by molar-refractivity contribution is 5.93. The summed E-state index contributed by atoms with van der Waals surface area (Å²) in [5, 5.41) is 6.60. The van der Waals surface area contributed by atoms with Crippen LogP contribution in [0.25, 0.3) is 0 Å². The van der Waals surface area contributed by atoms with E-state index in [0.29, 0.717) is 11.6 Å². The number of anilines is 1. The Morgan fingerprint density at radius 2 is 1.96 bits per heavy atom. The van der Waals surface area contributed by atoms with Crippen molar-refractivity contribution >= 4 is 11.7 Å². The first-order chi connectivity index (χ1) is 10.7. The first-order valence-electron chi connectivity index (χ1n) is 7.69. The standard InChI is InChI=1S/C18H24N2O3/c1-11-7-8-14(12(2)9-11)22-13(3)17(21)19-16-10-15(23-20-16)18(4,5)6/h7-10,13H,1-6H3,(H,19,20,21). The SMILES string of the molecule is Cc1ccc(OC(C)C(=O)Nc2cc(C(C)(C)C)on2)c(C)c1. The van der Waals surface area contributed by atoms with Crippen LogP contribution in [0.4, 0.5) is 5.82 Å². The highest BCUT2D eigenvalue weighted by atomic mass is 16.5. The van der Waals surface area contributed by atoms with Gasteiger partial charge in [-0.3, -0.25) is 4.79 Å². The van der Waals surface area contributed by atoms with Crippen molar-refractivity contribution in [1.29, 1.82) is 0 Å². The molecular formula is C18H24N2O3. The minimum Gasteiger partial charge on any atom is -0.481 e. The van der Waals surface area contributed by atoms with Crippen LogP contribution in [0.1, 0.15) is 44.6 Å². The van der Waals surface area contributed by atoms with Gasteiger partial charge in [0.05, 0.1) is 0 Å². The van der Waals surface area contributed by atoms with Gasteiger partial charge in [-0.25, -0.2) is 0 Å². The van der Waals surface area contributed by atoms with Crippen LogP contribution in [0.15, 0.2) is 28.8 Å². The van der Waals surface area contributed by atoms with E-state index in [2.05, 4.69) is 10.5 Å². The molecule has 1 N–H and O–H groups in total. The molecule has 1 aromatic carbocycles. The molecule has 5 nitrogen and oxygen atoms in total. The second-order valence-electron chi connectivity index (χ2n) is 6.84. The van der Waals surface area contributed by atoms with Gasteiger partial charge in [-0.05, 0) is 32.4 Å². The van der Waals surface area contributed by atoms with Crippen LogP contribution < -0.4 is 10.1 Å². The van der Waals surface area contributed by atoms with E-state index in [-0.39, 0.29) is 11.3 Å². The van der Waals surface area contributed by atoms with Crippen molar-refractivity contribution in [3.63, 3.8) is 0 Å². The molecule has 2 rings (SSSR count). The van der Waals surface area contributed by atoms with Gasteiger partial charge in [0.15, 0.2) is 11.9 Å². The molecule has 0 saturated carbocycles.